The van der Waals surface area contributed by atoms with Crippen molar-refractivity contribution in [2.24, 2.45) is 11.5 Å². The minimum Gasteiger partial charge on any atom is -0.364 e. The molecule has 0 atom stereocenters. The Morgan fingerprint density at radius 3 is 2.92 bits per heavy atom. The molecule has 1 rings (SSSR count). The van der Waals surface area contributed by atoms with Gasteiger partial charge in [0.2, 0.25) is 0 Å². The first-order valence-electron chi connectivity index (χ1n) is 3.64. The predicted molar refractivity (Wildman–Crippen MR) is 42.2 cm³/mol. The zero-order valence-corrected chi connectivity index (χ0v) is 6.60. The molecule has 1 heterocycles. The number of nitrogens with zero attached hydrogens (tertiary/aromatic N) is 3. The average molecular weight is 169 g/mol. The van der Waals surface area contributed by atoms with Gasteiger partial charge >= 0.3 is 0 Å². The molecule has 0 unspecified atom stereocenters. The molecule has 1 aromatic heterocycles. The Balaban J connectivity index is 2.58. The van der Waals surface area contributed by atoms with Crippen LogP contribution in [0.1, 0.15) is 16.9 Å². The lowest BCUT2D eigenvalue weighted by atomic mass is 10.4. The molecule has 0 saturated carbocycles. The van der Waals surface area contributed by atoms with Gasteiger partial charge in [0.25, 0.3) is 5.91 Å². The van der Waals surface area contributed by atoms with Gasteiger partial charge in [0.1, 0.15) is 0 Å². The molecule has 0 aliphatic rings. The maximum Gasteiger partial charge on any atom is 0.270 e. The molecule has 0 aliphatic carbocycles. The van der Waals surface area contributed by atoms with Gasteiger partial charge in [0, 0.05) is 6.54 Å². The first-order valence-corrected chi connectivity index (χ1v) is 3.64. The molecule has 6 nitrogen and oxygen atoms in total. The molecule has 0 bridgehead atoms. The predicted octanol–water partition coefficient (Wildman–Crippen LogP) is -1.27. The highest BCUT2D eigenvalue weighted by Gasteiger charge is 2.04. The van der Waals surface area contributed by atoms with Crippen molar-refractivity contribution in [1.82, 2.24) is 15.0 Å². The van der Waals surface area contributed by atoms with E-state index in [1.54, 1.807) is 4.68 Å². The van der Waals surface area contributed by atoms with Crippen molar-refractivity contribution in [3.8, 4) is 0 Å². The number of carbonyl (C=O) groups excluding carboxylic acids is 1. The molecule has 4 N–H and O–H groups in total. The molecule has 0 saturated heterocycles. The van der Waals surface area contributed by atoms with Gasteiger partial charge in [0.15, 0.2) is 5.69 Å². The van der Waals surface area contributed by atoms with Gasteiger partial charge in [-0.15, -0.1) is 5.10 Å². The van der Waals surface area contributed by atoms with Gasteiger partial charge in [0.05, 0.1) is 6.20 Å². The van der Waals surface area contributed by atoms with Crippen LogP contribution in [-0.4, -0.2) is 27.4 Å². The van der Waals surface area contributed by atoms with Crippen LogP contribution in [0.4, 0.5) is 0 Å². The molecule has 0 spiro atoms. The monoisotopic (exact) mass is 169 g/mol. The van der Waals surface area contributed by atoms with E-state index in [1.165, 1.54) is 6.20 Å². The Morgan fingerprint density at radius 1 is 1.67 bits per heavy atom. The van der Waals surface area contributed by atoms with Crippen molar-refractivity contribution < 1.29 is 4.79 Å². The number of carbonyl (C=O) groups is 1. The van der Waals surface area contributed by atoms with Crippen molar-refractivity contribution in [1.29, 1.82) is 0 Å². The summed E-state index contributed by atoms with van der Waals surface area (Å²) in [7, 11) is 0. The van der Waals surface area contributed by atoms with Crippen LogP contribution in [0.5, 0.6) is 0 Å². The molecule has 12 heavy (non-hydrogen) atoms. The summed E-state index contributed by atoms with van der Waals surface area (Å²) in [4.78, 5) is 10.6. The Bertz CT molecular complexity index is 269. The summed E-state index contributed by atoms with van der Waals surface area (Å²) >= 11 is 0. The number of hydrogen-bond acceptors (Lipinski definition) is 4. The molecule has 0 aromatic carbocycles. The summed E-state index contributed by atoms with van der Waals surface area (Å²) < 4.78 is 1.55. The summed E-state index contributed by atoms with van der Waals surface area (Å²) in [5, 5.41) is 7.25. The van der Waals surface area contributed by atoms with Crippen LogP contribution < -0.4 is 11.5 Å². The maximum absolute atomic E-state index is 10.6. The maximum atomic E-state index is 10.6. The van der Waals surface area contributed by atoms with E-state index >= 15 is 0 Å². The molecule has 1 aromatic rings. The topological polar surface area (TPSA) is 99.8 Å². The normalized spacial score (nSPS) is 10.1. The fraction of sp³-hybridized carbons (Fsp3) is 0.500. The van der Waals surface area contributed by atoms with Gasteiger partial charge in [-0.1, -0.05) is 5.21 Å². The highest BCUT2D eigenvalue weighted by molar-refractivity contribution is 5.90. The van der Waals surface area contributed by atoms with Gasteiger partial charge in [-0.3, -0.25) is 9.48 Å². The van der Waals surface area contributed by atoms with Crippen molar-refractivity contribution in [2.45, 2.75) is 13.0 Å². The van der Waals surface area contributed by atoms with Crippen LogP contribution >= 0.6 is 0 Å². The molecule has 0 fully saturated rings. The first-order chi connectivity index (χ1) is 5.74. The third-order valence-corrected chi connectivity index (χ3v) is 1.38. The Hall–Kier alpha value is -1.43. The highest BCUT2D eigenvalue weighted by atomic mass is 16.1. The number of aromatic nitrogens is 3. The largest absolute Gasteiger partial charge is 0.364 e. The number of rotatable bonds is 4. The first kappa shape index (κ1) is 8.66. The Kier molecular flexibility index (Phi) is 2.76. The number of hydrogen-bond donors (Lipinski definition) is 2. The van der Waals surface area contributed by atoms with Crippen LogP contribution in [0.25, 0.3) is 0 Å². The lowest BCUT2D eigenvalue weighted by molar-refractivity contribution is 0.0995. The highest BCUT2D eigenvalue weighted by Crippen LogP contribution is 1.92. The van der Waals surface area contributed by atoms with Crippen LogP contribution in [0.15, 0.2) is 6.20 Å². The second-order valence-electron chi connectivity index (χ2n) is 2.37. The van der Waals surface area contributed by atoms with Crippen molar-refractivity contribution in [3.05, 3.63) is 11.9 Å². The van der Waals surface area contributed by atoms with Crippen LogP contribution in [0.3, 0.4) is 0 Å². The standard InChI is InChI=1S/C6H11N5O/c7-2-1-3-11-4-5(6(8)12)9-10-11/h4H,1-3,7H2,(H2,8,12). The molecule has 6 heteroatoms. The second kappa shape index (κ2) is 3.82. The van der Waals surface area contributed by atoms with Crippen molar-refractivity contribution in [2.75, 3.05) is 6.54 Å². The molecular weight excluding hydrogens is 158 g/mol. The molecule has 1 amide bonds. The van der Waals surface area contributed by atoms with Crippen molar-refractivity contribution in [3.63, 3.8) is 0 Å². The van der Waals surface area contributed by atoms with Gasteiger partial charge < -0.3 is 11.5 Å². The van der Waals surface area contributed by atoms with Crippen molar-refractivity contribution >= 4 is 5.91 Å². The van der Waals surface area contributed by atoms with E-state index in [4.69, 9.17) is 11.5 Å². The zero-order chi connectivity index (χ0) is 8.97. The lowest BCUT2D eigenvalue weighted by Gasteiger charge is -1.94. The van der Waals surface area contributed by atoms with Gasteiger partial charge in [-0.25, -0.2) is 0 Å². The third kappa shape index (κ3) is 2.03. The average Bonchev–Trinajstić information content (AvgIpc) is 2.48. The number of aryl methyl sites for hydroxylation is 1. The van der Waals surface area contributed by atoms with E-state index in [2.05, 4.69) is 10.3 Å². The van der Waals surface area contributed by atoms with E-state index in [-0.39, 0.29) is 5.69 Å². The number of nitrogens with two attached hydrogens (primary N) is 2. The number of primary amides is 1. The summed E-state index contributed by atoms with van der Waals surface area (Å²) in [6.07, 6.45) is 2.32. The SMILES string of the molecule is NCCCn1cc(C(N)=O)nn1. The van der Waals surface area contributed by atoms with E-state index in [0.717, 1.165) is 6.42 Å². The van der Waals surface area contributed by atoms with Gasteiger partial charge in [-0.2, -0.15) is 0 Å². The molecular formula is C6H11N5O. The summed E-state index contributed by atoms with van der Waals surface area (Å²) in [6.45, 7) is 1.25. The number of amides is 1. The smallest absolute Gasteiger partial charge is 0.270 e. The van der Waals surface area contributed by atoms with E-state index in [1.807, 2.05) is 0 Å². The van der Waals surface area contributed by atoms with E-state index in [0.29, 0.717) is 13.1 Å². The molecule has 0 aliphatic heterocycles. The Morgan fingerprint density at radius 2 is 2.42 bits per heavy atom. The fourth-order valence-corrected chi connectivity index (χ4v) is 0.774. The summed E-state index contributed by atoms with van der Waals surface area (Å²) in [5.41, 5.74) is 10.5. The van der Waals surface area contributed by atoms with E-state index < -0.39 is 5.91 Å². The lowest BCUT2D eigenvalue weighted by Crippen LogP contribution is -2.11. The zero-order valence-electron chi connectivity index (χ0n) is 6.60. The Labute approximate surface area is 69.5 Å². The summed E-state index contributed by atoms with van der Waals surface area (Å²) in [5.74, 6) is -0.561. The van der Waals surface area contributed by atoms with Crippen LogP contribution in [0, 0.1) is 0 Å². The molecule has 66 valence electrons. The minimum absolute atomic E-state index is 0.187. The quantitative estimate of drug-likeness (QED) is 0.586. The van der Waals surface area contributed by atoms with E-state index in [9.17, 15) is 4.79 Å². The van der Waals surface area contributed by atoms with Gasteiger partial charge in [-0.05, 0) is 13.0 Å². The van der Waals surface area contributed by atoms with Crippen LogP contribution in [-0.2, 0) is 6.54 Å². The second-order valence-corrected chi connectivity index (χ2v) is 2.37. The third-order valence-electron chi connectivity index (χ3n) is 1.38. The minimum atomic E-state index is -0.561. The fourth-order valence-electron chi connectivity index (χ4n) is 0.774. The van der Waals surface area contributed by atoms with Crippen LogP contribution in [0.2, 0.25) is 0 Å². The molecule has 0 radical (unpaired) electrons. The summed E-state index contributed by atoms with van der Waals surface area (Å²) in [6, 6.07) is 0.